The van der Waals surface area contributed by atoms with Crippen LogP contribution in [0.1, 0.15) is 55.0 Å². The van der Waals surface area contributed by atoms with Crippen LogP contribution in [-0.2, 0) is 15.3 Å². The van der Waals surface area contributed by atoms with E-state index in [9.17, 15) is 14.7 Å². The number of carbonyl (C=O) groups is 2. The monoisotopic (exact) mass is 615 g/mol. The van der Waals surface area contributed by atoms with E-state index in [1.54, 1.807) is 48.5 Å². The first kappa shape index (κ1) is 30.3. The summed E-state index contributed by atoms with van der Waals surface area (Å²) in [7, 11) is 0. The molecular formula is C33H33N3O5S2. The highest BCUT2D eigenvalue weighted by atomic mass is 32.2. The van der Waals surface area contributed by atoms with Crippen molar-refractivity contribution in [2.24, 2.45) is 0 Å². The van der Waals surface area contributed by atoms with E-state index in [-0.39, 0.29) is 16.5 Å². The molecule has 43 heavy (non-hydrogen) atoms. The topological polar surface area (TPSA) is 102 Å². The third-order valence-electron chi connectivity index (χ3n) is 6.93. The van der Waals surface area contributed by atoms with Crippen molar-refractivity contribution in [1.82, 2.24) is 10.2 Å². The summed E-state index contributed by atoms with van der Waals surface area (Å²) in [6, 6.07) is 21.4. The van der Waals surface area contributed by atoms with Crippen LogP contribution < -0.4 is 14.4 Å². The van der Waals surface area contributed by atoms with Gasteiger partial charge in [-0.1, -0.05) is 78.4 Å². The van der Waals surface area contributed by atoms with Crippen molar-refractivity contribution in [1.29, 1.82) is 0 Å². The molecule has 1 aliphatic rings. The number of anilines is 1. The molecule has 1 atom stereocenters. The smallest absolute Gasteiger partial charge is 0.301 e. The summed E-state index contributed by atoms with van der Waals surface area (Å²) in [5, 5.41) is 20.3. The number of nitrogens with zero attached hydrogens (tertiary/aromatic N) is 3. The van der Waals surface area contributed by atoms with Gasteiger partial charge in [0.2, 0.25) is 5.13 Å². The molecule has 4 aromatic rings. The fourth-order valence-electron chi connectivity index (χ4n) is 4.64. The molecule has 2 heterocycles. The largest absolute Gasteiger partial charge is 0.507 e. The van der Waals surface area contributed by atoms with E-state index in [4.69, 9.17) is 9.47 Å². The van der Waals surface area contributed by atoms with Crippen LogP contribution in [0.25, 0.3) is 5.76 Å². The molecule has 0 bridgehead atoms. The number of thioether (sulfide) groups is 1. The van der Waals surface area contributed by atoms with Crippen molar-refractivity contribution >= 4 is 45.7 Å². The molecule has 1 aliphatic heterocycles. The predicted molar refractivity (Wildman–Crippen MR) is 170 cm³/mol. The molecule has 1 fully saturated rings. The quantitative estimate of drug-likeness (QED) is 0.0441. The maximum absolute atomic E-state index is 13.5. The molecule has 5 rings (SSSR count). The van der Waals surface area contributed by atoms with Crippen molar-refractivity contribution in [3.8, 4) is 11.5 Å². The molecule has 1 amide bonds. The molecule has 1 N–H and O–H groups in total. The molecule has 222 valence electrons. The van der Waals surface area contributed by atoms with E-state index in [1.807, 2.05) is 13.8 Å². The second-order valence-corrected chi connectivity index (χ2v) is 12.2. The predicted octanol–water partition coefficient (Wildman–Crippen LogP) is 7.34. The third kappa shape index (κ3) is 6.92. The van der Waals surface area contributed by atoms with Gasteiger partial charge in [0.05, 0.1) is 24.8 Å². The van der Waals surface area contributed by atoms with Crippen molar-refractivity contribution in [2.75, 3.05) is 18.1 Å². The molecule has 0 spiro atoms. The number of benzene rings is 3. The maximum Gasteiger partial charge on any atom is 0.301 e. The van der Waals surface area contributed by atoms with Crippen molar-refractivity contribution in [2.45, 2.75) is 49.7 Å². The van der Waals surface area contributed by atoms with E-state index >= 15 is 0 Å². The zero-order valence-corrected chi connectivity index (χ0v) is 25.9. The molecule has 8 nitrogen and oxygen atoms in total. The molecular weight excluding hydrogens is 583 g/mol. The van der Waals surface area contributed by atoms with Gasteiger partial charge in [-0.2, -0.15) is 0 Å². The molecule has 1 aromatic heterocycles. The first-order valence-corrected chi connectivity index (χ1v) is 16.0. The van der Waals surface area contributed by atoms with E-state index in [0.717, 1.165) is 18.4 Å². The number of hydrogen-bond acceptors (Lipinski definition) is 9. The summed E-state index contributed by atoms with van der Waals surface area (Å²) in [5.41, 5.74) is 3.35. The average molecular weight is 616 g/mol. The minimum absolute atomic E-state index is 0.0159. The van der Waals surface area contributed by atoms with Crippen LogP contribution in [0.3, 0.4) is 0 Å². The maximum atomic E-state index is 13.5. The van der Waals surface area contributed by atoms with E-state index in [1.165, 1.54) is 33.6 Å². The SMILES string of the molecule is CCCCOc1ccc(C(O)=C2C(=O)C(=O)N(c3nnc(SCc4ccc(C)cc4)s3)[C@@H]2c2ccc(OCC)cc2)cc1. The Kier molecular flexibility index (Phi) is 9.79. The lowest BCUT2D eigenvalue weighted by Gasteiger charge is -2.22. The van der Waals surface area contributed by atoms with Crippen molar-refractivity contribution < 1.29 is 24.2 Å². The zero-order chi connectivity index (χ0) is 30.3. The molecule has 0 unspecified atom stereocenters. The van der Waals surface area contributed by atoms with Crippen LogP contribution in [0.5, 0.6) is 11.5 Å². The second-order valence-electron chi connectivity index (χ2n) is 10.0. The Morgan fingerprint density at radius 1 is 0.930 bits per heavy atom. The van der Waals surface area contributed by atoms with Gasteiger partial charge in [0.25, 0.3) is 5.78 Å². The van der Waals surface area contributed by atoms with Crippen molar-refractivity contribution in [3.63, 3.8) is 0 Å². The van der Waals surface area contributed by atoms with Crippen molar-refractivity contribution in [3.05, 3.63) is 101 Å². The van der Waals surface area contributed by atoms with Crippen LogP contribution in [0.4, 0.5) is 5.13 Å². The number of hydrogen-bond donors (Lipinski definition) is 1. The Balaban J connectivity index is 1.48. The summed E-state index contributed by atoms with van der Waals surface area (Å²) in [5.74, 6) is 0.188. The molecule has 1 saturated heterocycles. The summed E-state index contributed by atoms with van der Waals surface area (Å²) in [6.45, 7) is 7.13. The van der Waals surface area contributed by atoms with Gasteiger partial charge in [-0.15, -0.1) is 10.2 Å². The van der Waals surface area contributed by atoms with Crippen LogP contribution in [-0.4, -0.2) is 40.2 Å². The fraction of sp³-hybridized carbons (Fsp3) is 0.273. The van der Waals surface area contributed by atoms with E-state index in [0.29, 0.717) is 45.9 Å². The number of ketones is 1. The van der Waals surface area contributed by atoms with Crippen LogP contribution in [0.15, 0.2) is 82.7 Å². The number of carbonyl (C=O) groups excluding carboxylic acids is 2. The highest BCUT2D eigenvalue weighted by Gasteiger charge is 2.48. The number of aliphatic hydroxyl groups excluding tert-OH is 1. The first-order chi connectivity index (χ1) is 20.9. The summed E-state index contributed by atoms with van der Waals surface area (Å²) < 4.78 is 12.0. The minimum Gasteiger partial charge on any atom is -0.507 e. The minimum atomic E-state index is -0.904. The Morgan fingerprint density at radius 3 is 2.28 bits per heavy atom. The second kappa shape index (κ2) is 13.9. The van der Waals surface area contributed by atoms with Gasteiger partial charge < -0.3 is 14.6 Å². The number of amides is 1. The van der Waals surface area contributed by atoms with Gasteiger partial charge in [-0.3, -0.25) is 14.5 Å². The zero-order valence-electron chi connectivity index (χ0n) is 24.3. The van der Waals surface area contributed by atoms with E-state index in [2.05, 4.69) is 41.4 Å². The first-order valence-electron chi connectivity index (χ1n) is 14.2. The van der Waals surface area contributed by atoms with Gasteiger partial charge in [0.1, 0.15) is 17.3 Å². The Bertz CT molecular complexity index is 1600. The number of unbranched alkanes of at least 4 members (excludes halogenated alkanes) is 1. The van der Waals surface area contributed by atoms with Gasteiger partial charge in [0, 0.05) is 11.3 Å². The molecule has 0 aliphatic carbocycles. The molecule has 0 saturated carbocycles. The Morgan fingerprint density at radius 2 is 1.60 bits per heavy atom. The number of ether oxygens (including phenoxy) is 2. The highest BCUT2D eigenvalue weighted by molar-refractivity contribution is 8.00. The fourth-order valence-corrected chi connectivity index (χ4v) is 6.47. The molecule has 0 radical (unpaired) electrons. The lowest BCUT2D eigenvalue weighted by atomic mass is 9.95. The Labute approximate surface area is 259 Å². The number of rotatable bonds is 12. The lowest BCUT2D eigenvalue weighted by Crippen LogP contribution is -2.29. The normalized spacial score (nSPS) is 16.1. The van der Waals surface area contributed by atoms with E-state index < -0.39 is 17.7 Å². The van der Waals surface area contributed by atoms with Gasteiger partial charge in [0.15, 0.2) is 4.34 Å². The lowest BCUT2D eigenvalue weighted by molar-refractivity contribution is -0.132. The Hall–Kier alpha value is -4.15. The van der Waals surface area contributed by atoms with Gasteiger partial charge in [-0.05, 0) is 67.8 Å². The number of aromatic nitrogens is 2. The van der Waals surface area contributed by atoms with Crippen LogP contribution >= 0.6 is 23.1 Å². The molecule has 10 heteroatoms. The third-order valence-corrected chi connectivity index (χ3v) is 9.06. The summed E-state index contributed by atoms with van der Waals surface area (Å²) >= 11 is 2.75. The molecule has 3 aromatic carbocycles. The standard InChI is InChI=1S/C33H33N3O5S2/c1-4-6-19-41-26-17-13-24(14-18-26)29(37)27-28(23-11-15-25(16-12-23)40-5-2)36(31(39)30(27)38)32-34-35-33(43-32)42-20-22-9-7-21(3)8-10-22/h7-18,28,37H,4-6,19-20H2,1-3H3/t28-/m1/s1. The highest BCUT2D eigenvalue weighted by Crippen LogP contribution is 2.44. The summed E-state index contributed by atoms with van der Waals surface area (Å²) in [4.78, 5) is 28.4. The van der Waals surface area contributed by atoms with Gasteiger partial charge in [-0.25, -0.2) is 0 Å². The van der Waals surface area contributed by atoms with Crippen LogP contribution in [0, 0.1) is 6.92 Å². The number of aliphatic hydroxyl groups is 1. The number of Topliss-reactive ketones (excluding diaryl/α,β-unsaturated/α-hetero) is 1. The van der Waals surface area contributed by atoms with Gasteiger partial charge >= 0.3 is 5.91 Å². The van der Waals surface area contributed by atoms with Crippen LogP contribution in [0.2, 0.25) is 0 Å². The number of aryl methyl sites for hydroxylation is 1. The average Bonchev–Trinajstić information content (AvgIpc) is 3.59. The summed E-state index contributed by atoms with van der Waals surface area (Å²) in [6.07, 6.45) is 1.96.